The zero-order valence-corrected chi connectivity index (χ0v) is 9.41. The van der Waals surface area contributed by atoms with Gasteiger partial charge >= 0.3 is 0 Å². The first-order valence-corrected chi connectivity index (χ1v) is 5.32. The Kier molecular flexibility index (Phi) is 2.82. The molecule has 0 bridgehead atoms. The van der Waals surface area contributed by atoms with Crippen molar-refractivity contribution in [1.29, 1.82) is 0 Å². The van der Waals surface area contributed by atoms with Crippen molar-refractivity contribution in [1.82, 2.24) is 10.2 Å². The maximum atomic E-state index is 11.9. The van der Waals surface area contributed by atoms with Gasteiger partial charge in [0.1, 0.15) is 0 Å². The van der Waals surface area contributed by atoms with Crippen LogP contribution in [0.3, 0.4) is 0 Å². The smallest absolute Gasteiger partial charge is 0.231 e. The fourth-order valence-corrected chi connectivity index (χ4v) is 1.82. The van der Waals surface area contributed by atoms with Gasteiger partial charge in [0.2, 0.25) is 5.91 Å². The molecule has 0 radical (unpaired) electrons. The Morgan fingerprint density at radius 2 is 2.44 bits per heavy atom. The number of carbonyl (C=O) groups is 1. The predicted molar refractivity (Wildman–Crippen MR) is 59.9 cm³/mol. The number of nitrogens with two attached hydrogens (primary N) is 1. The maximum absolute atomic E-state index is 11.9. The number of amides is 1. The van der Waals surface area contributed by atoms with Gasteiger partial charge in [-0.05, 0) is 20.3 Å². The highest BCUT2D eigenvalue weighted by Gasteiger charge is 2.31. The van der Waals surface area contributed by atoms with Crippen LogP contribution in [0.25, 0.3) is 0 Å². The summed E-state index contributed by atoms with van der Waals surface area (Å²) in [5.41, 5.74) is 6.99. The molecule has 1 aromatic rings. The SMILES string of the molecule is Cc1[nH]nc(NC(=O)C2CCOC2C)c1N. The van der Waals surface area contributed by atoms with Gasteiger partial charge < -0.3 is 15.8 Å². The second-order valence-corrected chi connectivity index (χ2v) is 4.07. The molecule has 1 fully saturated rings. The quantitative estimate of drug-likeness (QED) is 0.688. The van der Waals surface area contributed by atoms with Crippen LogP contribution in [-0.2, 0) is 9.53 Å². The Morgan fingerprint density at radius 1 is 1.69 bits per heavy atom. The van der Waals surface area contributed by atoms with Gasteiger partial charge in [-0.15, -0.1) is 0 Å². The Hall–Kier alpha value is -1.56. The minimum Gasteiger partial charge on any atom is -0.394 e. The van der Waals surface area contributed by atoms with Crippen LogP contribution in [0.5, 0.6) is 0 Å². The second kappa shape index (κ2) is 4.13. The fraction of sp³-hybridized carbons (Fsp3) is 0.600. The van der Waals surface area contributed by atoms with Crippen LogP contribution >= 0.6 is 0 Å². The monoisotopic (exact) mass is 224 g/mol. The molecule has 2 atom stereocenters. The molecule has 6 nitrogen and oxygen atoms in total. The number of anilines is 2. The summed E-state index contributed by atoms with van der Waals surface area (Å²) in [4.78, 5) is 11.9. The summed E-state index contributed by atoms with van der Waals surface area (Å²) in [6.45, 7) is 4.34. The molecule has 1 aliphatic rings. The number of carbonyl (C=O) groups excluding carboxylic acids is 1. The topological polar surface area (TPSA) is 93.0 Å². The molecule has 2 unspecified atom stereocenters. The molecule has 88 valence electrons. The number of hydrogen-bond donors (Lipinski definition) is 3. The van der Waals surface area contributed by atoms with Gasteiger partial charge in [0.15, 0.2) is 5.82 Å². The lowest BCUT2D eigenvalue weighted by Gasteiger charge is -2.12. The first-order chi connectivity index (χ1) is 7.59. The van der Waals surface area contributed by atoms with Gasteiger partial charge in [-0.3, -0.25) is 9.89 Å². The third-order valence-electron chi connectivity index (χ3n) is 2.95. The van der Waals surface area contributed by atoms with Crippen molar-refractivity contribution in [3.05, 3.63) is 5.69 Å². The molecular formula is C10H16N4O2. The van der Waals surface area contributed by atoms with E-state index in [9.17, 15) is 4.79 Å². The standard InChI is InChI=1S/C10H16N4O2/c1-5-8(11)9(14-13-5)12-10(15)7-3-4-16-6(7)2/h6-7H,3-4,11H2,1-2H3,(H2,12,13,14,15). The van der Waals surface area contributed by atoms with E-state index in [0.29, 0.717) is 18.1 Å². The number of nitrogens with one attached hydrogen (secondary N) is 2. The average Bonchev–Trinajstić information content (AvgIpc) is 2.79. The highest BCUT2D eigenvalue weighted by atomic mass is 16.5. The summed E-state index contributed by atoms with van der Waals surface area (Å²) in [7, 11) is 0. The number of H-pyrrole nitrogens is 1. The average molecular weight is 224 g/mol. The number of aryl methyl sites for hydroxylation is 1. The summed E-state index contributed by atoms with van der Waals surface area (Å²) in [5.74, 6) is 0.209. The van der Waals surface area contributed by atoms with E-state index in [1.165, 1.54) is 0 Å². The van der Waals surface area contributed by atoms with Gasteiger partial charge in [0.25, 0.3) is 0 Å². The maximum Gasteiger partial charge on any atom is 0.231 e. The van der Waals surface area contributed by atoms with Crippen molar-refractivity contribution in [2.45, 2.75) is 26.4 Å². The van der Waals surface area contributed by atoms with E-state index >= 15 is 0 Å². The van der Waals surface area contributed by atoms with Crippen LogP contribution in [0.2, 0.25) is 0 Å². The molecule has 1 aliphatic heterocycles. The normalized spacial score (nSPS) is 24.6. The zero-order chi connectivity index (χ0) is 11.7. The molecule has 1 saturated heterocycles. The van der Waals surface area contributed by atoms with Gasteiger partial charge in [0.05, 0.1) is 23.4 Å². The van der Waals surface area contributed by atoms with Crippen molar-refractivity contribution in [3.8, 4) is 0 Å². The Balaban J connectivity index is 2.05. The molecule has 16 heavy (non-hydrogen) atoms. The lowest BCUT2D eigenvalue weighted by Crippen LogP contribution is -2.28. The van der Waals surface area contributed by atoms with Crippen molar-refractivity contribution in [3.63, 3.8) is 0 Å². The molecule has 1 aromatic heterocycles. The van der Waals surface area contributed by atoms with E-state index in [1.807, 2.05) is 6.92 Å². The first-order valence-electron chi connectivity index (χ1n) is 5.32. The molecular weight excluding hydrogens is 208 g/mol. The Morgan fingerprint density at radius 3 is 2.94 bits per heavy atom. The third kappa shape index (κ3) is 1.88. The molecule has 4 N–H and O–H groups in total. The van der Waals surface area contributed by atoms with Gasteiger partial charge in [0, 0.05) is 6.61 Å². The number of hydrogen-bond acceptors (Lipinski definition) is 4. The Labute approximate surface area is 93.5 Å². The summed E-state index contributed by atoms with van der Waals surface area (Å²) in [5, 5.41) is 9.37. The molecule has 0 spiro atoms. The fourth-order valence-electron chi connectivity index (χ4n) is 1.82. The third-order valence-corrected chi connectivity index (χ3v) is 2.95. The van der Waals surface area contributed by atoms with E-state index in [0.717, 1.165) is 12.1 Å². The summed E-state index contributed by atoms with van der Waals surface area (Å²) < 4.78 is 5.34. The first kappa shape index (κ1) is 10.9. The van der Waals surface area contributed by atoms with E-state index in [-0.39, 0.29) is 17.9 Å². The van der Waals surface area contributed by atoms with E-state index in [1.54, 1.807) is 6.92 Å². The largest absolute Gasteiger partial charge is 0.394 e. The lowest BCUT2D eigenvalue weighted by molar-refractivity contribution is -0.121. The molecule has 0 aliphatic carbocycles. The zero-order valence-electron chi connectivity index (χ0n) is 9.41. The van der Waals surface area contributed by atoms with Gasteiger partial charge in [-0.1, -0.05) is 0 Å². The van der Waals surface area contributed by atoms with E-state index in [2.05, 4.69) is 15.5 Å². The number of nitrogens with zero attached hydrogens (tertiary/aromatic N) is 1. The van der Waals surface area contributed by atoms with Crippen LogP contribution in [-0.4, -0.2) is 28.8 Å². The summed E-state index contributed by atoms with van der Waals surface area (Å²) >= 11 is 0. The van der Waals surface area contributed by atoms with Crippen molar-refractivity contribution < 1.29 is 9.53 Å². The van der Waals surface area contributed by atoms with Crippen LogP contribution in [0.4, 0.5) is 11.5 Å². The number of aromatic amines is 1. The second-order valence-electron chi connectivity index (χ2n) is 4.07. The molecule has 0 saturated carbocycles. The molecule has 2 heterocycles. The highest BCUT2D eigenvalue weighted by molar-refractivity contribution is 5.94. The molecule has 0 aromatic carbocycles. The van der Waals surface area contributed by atoms with Crippen LogP contribution in [0.15, 0.2) is 0 Å². The molecule has 2 rings (SSSR count). The van der Waals surface area contributed by atoms with Crippen molar-refractivity contribution >= 4 is 17.4 Å². The summed E-state index contributed by atoms with van der Waals surface area (Å²) in [6, 6.07) is 0. The molecule has 6 heteroatoms. The van der Waals surface area contributed by atoms with E-state index in [4.69, 9.17) is 10.5 Å². The number of nitrogen functional groups attached to an aromatic ring is 1. The van der Waals surface area contributed by atoms with Crippen molar-refractivity contribution in [2.75, 3.05) is 17.7 Å². The number of ether oxygens (including phenoxy) is 1. The number of aromatic nitrogens is 2. The van der Waals surface area contributed by atoms with Crippen LogP contribution < -0.4 is 11.1 Å². The van der Waals surface area contributed by atoms with Crippen LogP contribution in [0, 0.1) is 12.8 Å². The minimum absolute atomic E-state index is 0.0405. The molecule has 1 amide bonds. The lowest BCUT2D eigenvalue weighted by atomic mass is 10.0. The highest BCUT2D eigenvalue weighted by Crippen LogP contribution is 2.24. The van der Waals surface area contributed by atoms with Gasteiger partial charge in [-0.25, -0.2) is 0 Å². The van der Waals surface area contributed by atoms with Gasteiger partial charge in [-0.2, -0.15) is 5.10 Å². The summed E-state index contributed by atoms with van der Waals surface area (Å²) in [6.07, 6.45) is 0.706. The van der Waals surface area contributed by atoms with E-state index < -0.39 is 0 Å². The Bertz CT molecular complexity index is 402. The minimum atomic E-state index is -0.114. The number of rotatable bonds is 2. The predicted octanol–water partition coefficient (Wildman–Crippen LogP) is 0.664. The van der Waals surface area contributed by atoms with Crippen LogP contribution in [0.1, 0.15) is 19.0 Å². The van der Waals surface area contributed by atoms with Crippen molar-refractivity contribution in [2.24, 2.45) is 5.92 Å².